The minimum atomic E-state index is 0.771. The van der Waals surface area contributed by atoms with Crippen LogP contribution in [0, 0.1) is 0 Å². The molecule has 18 aromatic rings. The van der Waals surface area contributed by atoms with E-state index < -0.39 is 0 Å². The predicted molar refractivity (Wildman–Crippen MR) is 436 cm³/mol. The Balaban J connectivity index is 0.000000158. The number of pyridine rings is 7. The Morgan fingerprint density at radius 3 is 0.583 bits per heavy atom. The lowest BCUT2D eigenvalue weighted by molar-refractivity contribution is 1.21. The summed E-state index contributed by atoms with van der Waals surface area (Å²) in [6.07, 6.45) is 8.98. The predicted octanol–water partition coefficient (Wildman–Crippen LogP) is 23.4. The summed E-state index contributed by atoms with van der Waals surface area (Å²) in [5.41, 5.74) is 28.7. The van der Waals surface area contributed by atoms with Crippen LogP contribution in [0.4, 0.5) is 0 Å². The fraction of sp³-hybridized carbons (Fsp3) is 0. The molecule has 0 spiro atoms. The van der Waals surface area contributed by atoms with Crippen LogP contribution in [-0.4, -0.2) is 54.8 Å². The average molecular weight is 1380 g/mol. The maximum atomic E-state index is 5.54. The highest BCUT2D eigenvalue weighted by molar-refractivity contribution is 5.91. The first-order valence-corrected chi connectivity index (χ1v) is 35.7. The van der Waals surface area contributed by atoms with Crippen molar-refractivity contribution >= 4 is 0 Å². The van der Waals surface area contributed by atoms with E-state index in [2.05, 4.69) is 219 Å². The molecule has 0 amide bonds. The van der Waals surface area contributed by atoms with E-state index in [0.29, 0.717) is 0 Å². The zero-order chi connectivity index (χ0) is 72.2. The molecule has 9 aromatic heterocycles. The van der Waals surface area contributed by atoms with E-state index in [-0.39, 0.29) is 0 Å². The molecule has 108 heavy (non-hydrogen) atoms. The molecule has 0 fully saturated rings. The molecule has 0 saturated carbocycles. The number of aromatic nitrogens is 11. The molecule has 0 atom stereocenters. The van der Waals surface area contributed by atoms with Gasteiger partial charge in [0.15, 0.2) is 0 Å². The zero-order valence-corrected chi connectivity index (χ0v) is 58.4. The van der Waals surface area contributed by atoms with Crippen LogP contribution < -0.4 is 0 Å². The van der Waals surface area contributed by atoms with Crippen LogP contribution in [0.5, 0.6) is 0 Å². The second-order valence-electron chi connectivity index (χ2n) is 25.7. The fourth-order valence-corrected chi connectivity index (χ4v) is 13.4. The van der Waals surface area contributed by atoms with E-state index >= 15 is 0 Å². The van der Waals surface area contributed by atoms with E-state index in [1.165, 1.54) is 0 Å². The first kappa shape index (κ1) is 66.4. The normalized spacial score (nSPS) is 11.0. The number of nitrogens with zero attached hydrogens (tertiary/aromatic N) is 11. The second kappa shape index (κ2) is 31.0. The smallest absolute Gasteiger partial charge is 0.0973 e. The molecule has 9 aromatic carbocycles. The summed E-state index contributed by atoms with van der Waals surface area (Å²) in [6, 6.07) is 123. The standard InChI is InChI=1S/C49H33N5.C48H32N6/c1-4-16-34(17-5-1)37-22-14-24-39(30-37)48-49(54-47(36-20-8-3-9-21-36)46(53-48)35-18-6-2-7-19-35)40-25-15-23-38(31-40)41-32-44(42-26-10-12-28-50-42)52-45(33-41)43-27-11-13-29-51-43;1-3-15-33(16-4-1)45-47(53-46(34-17-5-2-6-18-34)48(54-45)38-22-14-20-36(30-38)40-23-7-10-26-49-40)37-21-13-19-35(29-37)39-31-43(41-24-8-11-27-50-41)52-44(32-39)42-25-9-12-28-51-42/h1-33H;1-32H. The van der Waals surface area contributed by atoms with E-state index in [0.717, 1.165) is 180 Å². The van der Waals surface area contributed by atoms with Gasteiger partial charge in [0.2, 0.25) is 0 Å². The third kappa shape index (κ3) is 14.6. The quantitative estimate of drug-likeness (QED) is 0.0912. The lowest BCUT2D eigenvalue weighted by atomic mass is 9.95. The summed E-state index contributed by atoms with van der Waals surface area (Å²) >= 11 is 0. The minimum absolute atomic E-state index is 0.771. The lowest BCUT2D eigenvalue weighted by Gasteiger charge is -2.17. The third-order valence-electron chi connectivity index (χ3n) is 18.6. The number of rotatable bonds is 16. The molecular weight excluding hydrogens is 1320 g/mol. The first-order chi connectivity index (χ1) is 53.5. The van der Waals surface area contributed by atoms with Gasteiger partial charge in [0.1, 0.15) is 0 Å². The summed E-state index contributed by atoms with van der Waals surface area (Å²) in [7, 11) is 0. The summed E-state index contributed by atoms with van der Waals surface area (Å²) < 4.78 is 0. The van der Waals surface area contributed by atoms with Gasteiger partial charge < -0.3 is 0 Å². The zero-order valence-electron chi connectivity index (χ0n) is 58.4. The van der Waals surface area contributed by atoms with Crippen LogP contribution in [0.25, 0.3) is 180 Å². The van der Waals surface area contributed by atoms with Crippen LogP contribution >= 0.6 is 0 Å². The molecule has 18 rings (SSSR count). The summed E-state index contributed by atoms with van der Waals surface area (Å²) in [5, 5.41) is 0. The van der Waals surface area contributed by atoms with Gasteiger partial charge in [-0.15, -0.1) is 0 Å². The van der Waals surface area contributed by atoms with Crippen LogP contribution in [0.1, 0.15) is 0 Å². The van der Waals surface area contributed by atoms with Crippen molar-refractivity contribution in [2.45, 2.75) is 0 Å². The van der Waals surface area contributed by atoms with Crippen molar-refractivity contribution in [1.29, 1.82) is 0 Å². The van der Waals surface area contributed by atoms with Gasteiger partial charge in [0.25, 0.3) is 0 Å². The average Bonchev–Trinajstić information content (AvgIpc) is 0.765. The van der Waals surface area contributed by atoms with Gasteiger partial charge in [-0.3, -0.25) is 24.9 Å². The van der Waals surface area contributed by atoms with Crippen molar-refractivity contribution in [3.63, 3.8) is 0 Å². The van der Waals surface area contributed by atoms with Crippen LogP contribution in [-0.2, 0) is 0 Å². The van der Waals surface area contributed by atoms with Crippen molar-refractivity contribution in [3.05, 3.63) is 395 Å². The lowest BCUT2D eigenvalue weighted by Crippen LogP contribution is -2.01. The largest absolute Gasteiger partial charge is 0.256 e. The molecule has 0 saturated heterocycles. The molecule has 11 heteroatoms. The van der Waals surface area contributed by atoms with Crippen molar-refractivity contribution in [2.75, 3.05) is 0 Å². The molecule has 508 valence electrons. The molecule has 0 bridgehead atoms. The Labute approximate surface area is 626 Å². The van der Waals surface area contributed by atoms with E-state index in [1.54, 1.807) is 24.8 Å². The van der Waals surface area contributed by atoms with Crippen LogP contribution in [0.2, 0.25) is 0 Å². The number of benzene rings is 9. The highest BCUT2D eigenvalue weighted by Crippen LogP contribution is 2.43. The van der Waals surface area contributed by atoms with Crippen molar-refractivity contribution in [2.24, 2.45) is 0 Å². The van der Waals surface area contributed by atoms with Gasteiger partial charge in [0.05, 0.1) is 96.8 Å². The van der Waals surface area contributed by atoms with E-state index in [9.17, 15) is 0 Å². The van der Waals surface area contributed by atoms with Crippen molar-refractivity contribution < 1.29 is 0 Å². The molecule has 0 N–H and O–H groups in total. The molecule has 0 aliphatic rings. The van der Waals surface area contributed by atoms with Gasteiger partial charge in [-0.25, -0.2) is 29.9 Å². The Bertz CT molecular complexity index is 6010. The van der Waals surface area contributed by atoms with Gasteiger partial charge >= 0.3 is 0 Å². The highest BCUT2D eigenvalue weighted by atomic mass is 14.9. The molecule has 9 heterocycles. The van der Waals surface area contributed by atoms with Gasteiger partial charge in [-0.1, -0.05) is 255 Å². The van der Waals surface area contributed by atoms with Crippen LogP contribution in [0.15, 0.2) is 395 Å². The molecule has 11 nitrogen and oxygen atoms in total. The molecule has 0 radical (unpaired) electrons. The minimum Gasteiger partial charge on any atom is -0.256 e. The molecule has 0 aliphatic carbocycles. The Hall–Kier alpha value is -14.8. The number of hydrogen-bond acceptors (Lipinski definition) is 11. The van der Waals surface area contributed by atoms with Gasteiger partial charge in [0, 0.05) is 81.1 Å². The van der Waals surface area contributed by atoms with Crippen molar-refractivity contribution in [3.8, 4) is 180 Å². The summed E-state index contributed by atoms with van der Waals surface area (Å²) in [6.45, 7) is 0. The van der Waals surface area contributed by atoms with Gasteiger partial charge in [-0.05, 0) is 143 Å². The monoisotopic (exact) mass is 1380 g/mol. The van der Waals surface area contributed by atoms with Crippen molar-refractivity contribution in [1.82, 2.24) is 54.8 Å². The third-order valence-corrected chi connectivity index (χ3v) is 18.6. The Morgan fingerprint density at radius 1 is 0.111 bits per heavy atom. The molecular formula is C97H65N11. The Morgan fingerprint density at radius 2 is 0.315 bits per heavy atom. The maximum Gasteiger partial charge on any atom is 0.0973 e. The SMILES string of the molecule is c1ccc(-c2cccc(-c3nc(-c4ccccc4)c(-c4ccccc4)nc3-c3cccc(-c4cc(-c5ccccn5)nc(-c5ccccn5)c4)c3)c2)cc1.c1ccc(-c2nc(-c3cccc(-c4ccccn4)c3)c(-c3ccccc3)nc2-c2cccc(-c3cc(-c4ccccn4)nc(-c4ccccn4)c3)c2)cc1. The first-order valence-electron chi connectivity index (χ1n) is 35.7. The maximum absolute atomic E-state index is 5.54. The van der Waals surface area contributed by atoms with E-state index in [4.69, 9.17) is 29.9 Å². The Kier molecular flexibility index (Phi) is 19.1. The summed E-state index contributed by atoms with van der Waals surface area (Å²) in [4.78, 5) is 55.2. The van der Waals surface area contributed by atoms with E-state index in [1.807, 2.05) is 176 Å². The highest BCUT2D eigenvalue weighted by Gasteiger charge is 2.24. The summed E-state index contributed by atoms with van der Waals surface area (Å²) in [5.74, 6) is 0. The van der Waals surface area contributed by atoms with Crippen LogP contribution in [0.3, 0.4) is 0 Å². The number of hydrogen-bond donors (Lipinski definition) is 0. The molecule has 0 aliphatic heterocycles. The van der Waals surface area contributed by atoms with Gasteiger partial charge in [-0.2, -0.15) is 0 Å². The fourth-order valence-electron chi connectivity index (χ4n) is 13.4. The second-order valence-corrected chi connectivity index (χ2v) is 25.7. The topological polar surface area (TPSA) is 142 Å². The molecule has 0 unspecified atom stereocenters.